The van der Waals surface area contributed by atoms with Crippen molar-refractivity contribution in [1.29, 1.82) is 0 Å². The molecule has 0 aliphatic carbocycles. The number of aliphatic hydroxyl groups excluding tert-OH is 9. The summed E-state index contributed by atoms with van der Waals surface area (Å²) in [6.45, 7) is -0.150. The van der Waals surface area contributed by atoms with Gasteiger partial charge in [0.2, 0.25) is 5.79 Å². The van der Waals surface area contributed by atoms with Crippen molar-refractivity contribution >= 4 is 5.97 Å². The van der Waals surface area contributed by atoms with Gasteiger partial charge < -0.3 is 71.0 Å². The Hall–Kier alpha value is -1.95. The summed E-state index contributed by atoms with van der Waals surface area (Å²) in [5.74, 6) is -3.17. The maximum absolute atomic E-state index is 11.0. The first-order valence-corrected chi connectivity index (χ1v) is 13.2. The van der Waals surface area contributed by atoms with Gasteiger partial charge in [-0.05, 0) is 13.8 Å². The average Bonchev–Trinajstić information content (AvgIpc) is 3.42. The van der Waals surface area contributed by atoms with Crippen LogP contribution in [0.15, 0.2) is 6.20 Å². The van der Waals surface area contributed by atoms with E-state index in [0.29, 0.717) is 6.61 Å². The van der Waals surface area contributed by atoms with Crippen LogP contribution in [0.1, 0.15) is 19.5 Å². The zero-order valence-corrected chi connectivity index (χ0v) is 23.5. The monoisotopic (exact) mass is 615 g/mol. The van der Waals surface area contributed by atoms with Crippen molar-refractivity contribution in [1.82, 2.24) is 19.9 Å². The molecule has 9 atom stereocenters. The van der Waals surface area contributed by atoms with Gasteiger partial charge in [0, 0.05) is 26.2 Å². The number of hydrogen-bond acceptors (Lipinski definition) is 17. The highest BCUT2D eigenvalue weighted by atomic mass is 16.7. The van der Waals surface area contributed by atoms with Gasteiger partial charge in [-0.1, -0.05) is 5.21 Å². The zero-order chi connectivity index (χ0) is 32.0. The number of nitrogens with zero attached hydrogens (tertiary/aromatic N) is 4. The summed E-state index contributed by atoms with van der Waals surface area (Å²) in [7, 11) is 0. The van der Waals surface area contributed by atoms with Crippen molar-refractivity contribution in [2.24, 2.45) is 5.73 Å². The van der Waals surface area contributed by atoms with E-state index < -0.39 is 100 Å². The molecule has 0 fully saturated rings. The first-order chi connectivity index (χ1) is 19.7. The van der Waals surface area contributed by atoms with Crippen molar-refractivity contribution in [2.45, 2.75) is 75.0 Å². The summed E-state index contributed by atoms with van der Waals surface area (Å²) in [5, 5.41) is 108. The molecule has 19 nitrogen and oxygen atoms in total. The third kappa shape index (κ3) is 11.6. The number of carbonyl (C=O) groups is 1. The quantitative estimate of drug-likeness (QED) is 0.0403. The van der Waals surface area contributed by atoms with Crippen LogP contribution in [0.4, 0.5) is 0 Å². The lowest BCUT2D eigenvalue weighted by Crippen LogP contribution is -2.55. The predicted molar refractivity (Wildman–Crippen MR) is 139 cm³/mol. The van der Waals surface area contributed by atoms with Crippen molar-refractivity contribution in [3.05, 3.63) is 11.9 Å². The minimum Gasteiger partial charge on any atom is -0.480 e. The second-order valence-corrected chi connectivity index (χ2v) is 9.60. The summed E-state index contributed by atoms with van der Waals surface area (Å²) >= 11 is 0. The van der Waals surface area contributed by atoms with Crippen LogP contribution in [0.5, 0.6) is 0 Å². The topological polar surface area (TPSA) is 307 Å². The molecule has 1 heterocycles. The standard InChI is InChI=1S/C23H45N5O14/c1-3-40-5-4-27(6-13(31)19(37)20(38)15(33)10-29)7-14(32)21(39)22(16(34)11-30)42-23(2,41-12-24)17-8-28(26-25-17)9-18(35)36/h8,13-16,19-22,29-34,37-39H,3-7,9-12,24H2,1-2H3,(H,35,36)/t13-,14-,15+,16+,19+,20+,21+,22+,23?/m0/s1. The fourth-order valence-corrected chi connectivity index (χ4v) is 3.91. The Bertz CT molecular complexity index is 899. The lowest BCUT2D eigenvalue weighted by atomic mass is 10.0. The molecule has 0 saturated carbocycles. The number of carboxylic acids is 1. The van der Waals surface area contributed by atoms with E-state index in [0.717, 1.165) is 4.68 Å². The van der Waals surface area contributed by atoms with Gasteiger partial charge in [0.1, 0.15) is 48.9 Å². The first kappa shape index (κ1) is 38.1. The van der Waals surface area contributed by atoms with Gasteiger partial charge in [0.15, 0.2) is 0 Å². The Morgan fingerprint density at radius 1 is 1.00 bits per heavy atom. The zero-order valence-electron chi connectivity index (χ0n) is 23.5. The largest absolute Gasteiger partial charge is 0.480 e. The summed E-state index contributed by atoms with van der Waals surface area (Å²) in [4.78, 5) is 12.4. The molecule has 0 amide bonds. The molecule has 1 rings (SSSR count). The van der Waals surface area contributed by atoms with Crippen LogP contribution in [0, 0.1) is 0 Å². The van der Waals surface area contributed by atoms with Crippen molar-refractivity contribution < 1.29 is 70.1 Å². The fraction of sp³-hybridized carbons (Fsp3) is 0.870. The number of rotatable bonds is 23. The molecular weight excluding hydrogens is 570 g/mol. The number of hydrogen-bond donors (Lipinski definition) is 11. The van der Waals surface area contributed by atoms with E-state index in [1.165, 1.54) is 18.0 Å². The van der Waals surface area contributed by atoms with Gasteiger partial charge in [0.25, 0.3) is 0 Å². The highest BCUT2D eigenvalue weighted by Gasteiger charge is 2.42. The number of carboxylic acid groups (broad SMARTS) is 1. The van der Waals surface area contributed by atoms with Crippen molar-refractivity contribution in [3.63, 3.8) is 0 Å². The van der Waals surface area contributed by atoms with Gasteiger partial charge in [-0.15, -0.1) is 5.10 Å². The molecule has 1 aromatic rings. The maximum Gasteiger partial charge on any atom is 0.325 e. The average molecular weight is 616 g/mol. The molecule has 0 radical (unpaired) electrons. The number of aliphatic hydroxyl groups is 9. The van der Waals surface area contributed by atoms with E-state index in [9.17, 15) is 45.6 Å². The summed E-state index contributed by atoms with van der Waals surface area (Å²) in [5.41, 5.74) is 5.41. The van der Waals surface area contributed by atoms with Crippen LogP contribution in [0.25, 0.3) is 0 Å². The second kappa shape index (κ2) is 18.7. The Morgan fingerprint density at radius 2 is 1.57 bits per heavy atom. The van der Waals surface area contributed by atoms with E-state index in [1.54, 1.807) is 6.92 Å². The molecule has 0 aliphatic rings. The van der Waals surface area contributed by atoms with Crippen LogP contribution in [-0.4, -0.2) is 179 Å². The minimum atomic E-state index is -1.95. The van der Waals surface area contributed by atoms with E-state index in [1.807, 2.05) is 0 Å². The highest BCUT2D eigenvalue weighted by molar-refractivity contribution is 5.66. The molecule has 246 valence electrons. The molecule has 12 N–H and O–H groups in total. The van der Waals surface area contributed by atoms with Crippen molar-refractivity contribution in [3.8, 4) is 0 Å². The van der Waals surface area contributed by atoms with Crippen LogP contribution in [-0.2, 0) is 31.3 Å². The van der Waals surface area contributed by atoms with Crippen molar-refractivity contribution in [2.75, 3.05) is 52.8 Å². The SMILES string of the molecule is CCOCCN(C[C@H](O)[C@@H](O)[C@H](O)[C@H](O)CO)C[C@H](O)[C@@H](O)[C@H](OC(C)(OCN)c1cn(CC(=O)O)nn1)[C@H](O)CO. The molecule has 19 heteroatoms. The molecule has 1 unspecified atom stereocenters. The third-order valence-corrected chi connectivity index (χ3v) is 6.29. The number of aromatic nitrogens is 3. The highest BCUT2D eigenvalue weighted by Crippen LogP contribution is 2.29. The van der Waals surface area contributed by atoms with Gasteiger partial charge in [-0.3, -0.25) is 9.69 Å². The maximum atomic E-state index is 11.0. The predicted octanol–water partition coefficient (Wildman–Crippen LogP) is -6.30. The van der Waals surface area contributed by atoms with Crippen LogP contribution < -0.4 is 5.73 Å². The van der Waals surface area contributed by atoms with Gasteiger partial charge in [-0.2, -0.15) is 0 Å². The molecule has 0 aromatic carbocycles. The lowest BCUT2D eigenvalue weighted by molar-refractivity contribution is -0.295. The fourth-order valence-electron chi connectivity index (χ4n) is 3.91. The lowest BCUT2D eigenvalue weighted by Gasteiger charge is -2.38. The normalized spacial score (nSPS) is 19.5. The van der Waals surface area contributed by atoms with E-state index in [-0.39, 0.29) is 18.8 Å². The summed E-state index contributed by atoms with van der Waals surface area (Å²) < 4.78 is 17.5. The van der Waals surface area contributed by atoms with Crippen LogP contribution in [0.3, 0.4) is 0 Å². The summed E-state index contributed by atoms with van der Waals surface area (Å²) in [6.07, 6.45) is -13.2. The Labute approximate surface area is 241 Å². The van der Waals surface area contributed by atoms with Gasteiger partial charge in [0.05, 0.1) is 45.0 Å². The molecule has 0 spiro atoms. The van der Waals surface area contributed by atoms with Crippen LogP contribution in [0.2, 0.25) is 0 Å². The van der Waals surface area contributed by atoms with E-state index in [2.05, 4.69) is 10.3 Å². The number of nitrogens with two attached hydrogens (primary N) is 1. The van der Waals surface area contributed by atoms with Gasteiger partial charge in [-0.25, -0.2) is 4.68 Å². The van der Waals surface area contributed by atoms with Crippen LogP contribution >= 0.6 is 0 Å². The Kier molecular flexibility index (Phi) is 16.9. The molecule has 42 heavy (non-hydrogen) atoms. The second-order valence-electron chi connectivity index (χ2n) is 9.60. The molecular formula is C23H45N5O14. The smallest absolute Gasteiger partial charge is 0.325 e. The van der Waals surface area contributed by atoms with E-state index in [4.69, 9.17) is 30.2 Å². The minimum absolute atomic E-state index is 0.0504. The van der Waals surface area contributed by atoms with E-state index >= 15 is 0 Å². The number of ether oxygens (including phenoxy) is 3. The molecule has 0 aliphatic heterocycles. The molecule has 1 aromatic heterocycles. The first-order valence-electron chi connectivity index (χ1n) is 13.2. The molecule has 0 bridgehead atoms. The molecule has 0 saturated heterocycles. The number of aliphatic carboxylic acids is 1. The third-order valence-electron chi connectivity index (χ3n) is 6.29. The Morgan fingerprint density at radius 3 is 2.10 bits per heavy atom. The summed E-state index contributed by atoms with van der Waals surface area (Å²) in [6, 6.07) is 0. The van der Waals surface area contributed by atoms with Gasteiger partial charge >= 0.3 is 5.97 Å². The Balaban J connectivity index is 3.17.